The Balaban J connectivity index is 2.38. The number of amides is 3. The molecule has 124 valence electrons. The van der Waals surface area contributed by atoms with Crippen molar-refractivity contribution in [3.05, 3.63) is 33.8 Å². The number of benzene rings is 1. The summed E-state index contributed by atoms with van der Waals surface area (Å²) in [6, 6.07) is 4.31. The minimum Gasteiger partial charge on any atom is -0.481 e. The molecule has 0 saturated heterocycles. The van der Waals surface area contributed by atoms with Gasteiger partial charge in [-0.2, -0.15) is 0 Å². The maximum absolute atomic E-state index is 11.9. The van der Waals surface area contributed by atoms with Crippen molar-refractivity contribution >= 4 is 46.9 Å². The molecule has 1 rings (SSSR count). The summed E-state index contributed by atoms with van der Waals surface area (Å²) in [5.74, 6) is -3.09. The number of rotatable bonds is 6. The van der Waals surface area contributed by atoms with Gasteiger partial charge in [-0.25, -0.2) is 0 Å². The molecule has 1 aromatic rings. The van der Waals surface area contributed by atoms with Crippen molar-refractivity contribution in [3.63, 3.8) is 0 Å². The van der Waals surface area contributed by atoms with Crippen LogP contribution in [0, 0.1) is 0 Å². The molecule has 8 nitrogen and oxygen atoms in total. The maximum Gasteiger partial charge on any atom is 0.303 e. The summed E-state index contributed by atoms with van der Waals surface area (Å²) in [5, 5.41) is 11.2. The number of carbonyl (C=O) groups is 4. The van der Waals surface area contributed by atoms with Crippen LogP contribution in [0.15, 0.2) is 18.2 Å². The van der Waals surface area contributed by atoms with Crippen molar-refractivity contribution in [1.29, 1.82) is 0 Å². The van der Waals surface area contributed by atoms with E-state index in [2.05, 4.69) is 5.32 Å². The first-order valence-corrected chi connectivity index (χ1v) is 7.08. The third kappa shape index (κ3) is 6.98. The Hall–Kier alpha value is -2.32. The molecule has 0 radical (unpaired) electrons. The van der Waals surface area contributed by atoms with Crippen LogP contribution in [-0.4, -0.2) is 35.3 Å². The van der Waals surface area contributed by atoms with Gasteiger partial charge in [0, 0.05) is 11.4 Å². The summed E-state index contributed by atoms with van der Waals surface area (Å²) in [7, 11) is 0. The normalized spacial score (nSPS) is 9.83. The Morgan fingerprint density at radius 2 is 1.65 bits per heavy atom. The summed E-state index contributed by atoms with van der Waals surface area (Å²) < 4.78 is 0. The lowest BCUT2D eigenvalue weighted by atomic mass is 10.2. The fourth-order valence-corrected chi connectivity index (χ4v) is 1.77. The molecule has 0 bridgehead atoms. The van der Waals surface area contributed by atoms with Crippen molar-refractivity contribution in [2.24, 2.45) is 0 Å². The molecule has 0 spiro atoms. The lowest BCUT2D eigenvalue weighted by Gasteiger charge is -2.09. The number of hydrogen-bond donors (Lipinski definition) is 4. The van der Waals surface area contributed by atoms with E-state index < -0.39 is 30.2 Å². The highest BCUT2D eigenvalue weighted by atomic mass is 35.5. The summed E-state index contributed by atoms with van der Waals surface area (Å²) >= 11 is 11.6. The molecule has 0 atom stereocenters. The Labute approximate surface area is 141 Å². The second kappa shape index (κ2) is 8.96. The van der Waals surface area contributed by atoms with Crippen LogP contribution in [0.5, 0.6) is 0 Å². The molecule has 0 heterocycles. The van der Waals surface area contributed by atoms with Gasteiger partial charge in [0.05, 0.1) is 23.6 Å². The van der Waals surface area contributed by atoms with E-state index in [-0.39, 0.29) is 23.4 Å². The van der Waals surface area contributed by atoms with Gasteiger partial charge in [-0.05, 0) is 18.2 Å². The minimum atomic E-state index is -1.13. The van der Waals surface area contributed by atoms with Crippen LogP contribution in [0.3, 0.4) is 0 Å². The molecular weight excluding hydrogens is 349 g/mol. The number of nitrogens with one attached hydrogen (secondary N) is 3. The quantitative estimate of drug-likeness (QED) is 0.556. The van der Waals surface area contributed by atoms with E-state index in [0.717, 1.165) is 0 Å². The van der Waals surface area contributed by atoms with Gasteiger partial charge in [0.15, 0.2) is 0 Å². The Morgan fingerprint density at radius 1 is 1.00 bits per heavy atom. The first kappa shape index (κ1) is 18.7. The van der Waals surface area contributed by atoms with Gasteiger partial charge in [-0.3, -0.25) is 30.0 Å². The van der Waals surface area contributed by atoms with Crippen molar-refractivity contribution in [2.75, 3.05) is 6.54 Å². The standard InChI is InChI=1S/C13H13Cl2N3O5/c14-7-1-2-9(15)8(5-7)13(23)16-6-11(20)18-17-10(19)3-4-12(21)22/h1-2,5H,3-4,6H2,(H,16,23)(H,17,19)(H,18,20)(H,21,22). The number of carbonyl (C=O) groups excluding carboxylic acids is 3. The number of carboxylic acid groups (broad SMARTS) is 1. The highest BCUT2D eigenvalue weighted by molar-refractivity contribution is 6.35. The zero-order valence-electron chi connectivity index (χ0n) is 11.7. The molecule has 0 unspecified atom stereocenters. The van der Waals surface area contributed by atoms with Crippen molar-refractivity contribution in [3.8, 4) is 0 Å². The van der Waals surface area contributed by atoms with Gasteiger partial charge in [0.1, 0.15) is 0 Å². The van der Waals surface area contributed by atoms with Crippen molar-refractivity contribution in [2.45, 2.75) is 12.8 Å². The van der Waals surface area contributed by atoms with Gasteiger partial charge in [0.25, 0.3) is 11.8 Å². The highest BCUT2D eigenvalue weighted by Crippen LogP contribution is 2.20. The molecule has 23 heavy (non-hydrogen) atoms. The Morgan fingerprint density at radius 3 is 2.30 bits per heavy atom. The molecule has 1 aromatic carbocycles. The lowest BCUT2D eigenvalue weighted by molar-refractivity contribution is -0.139. The Bertz CT molecular complexity index is 636. The Kier molecular flexibility index (Phi) is 7.30. The summed E-state index contributed by atoms with van der Waals surface area (Å²) in [6.45, 7) is -0.416. The second-order valence-electron chi connectivity index (χ2n) is 4.30. The van der Waals surface area contributed by atoms with Gasteiger partial charge in [-0.15, -0.1) is 0 Å². The van der Waals surface area contributed by atoms with Gasteiger partial charge >= 0.3 is 5.97 Å². The first-order chi connectivity index (χ1) is 10.8. The fraction of sp³-hybridized carbons (Fsp3) is 0.231. The third-order valence-corrected chi connectivity index (χ3v) is 3.05. The predicted octanol–water partition coefficient (Wildman–Crippen LogP) is 0.735. The van der Waals surface area contributed by atoms with E-state index >= 15 is 0 Å². The first-order valence-electron chi connectivity index (χ1n) is 6.32. The molecule has 0 fully saturated rings. The van der Waals surface area contributed by atoms with Gasteiger partial charge < -0.3 is 10.4 Å². The highest BCUT2D eigenvalue weighted by Gasteiger charge is 2.13. The molecule has 0 aromatic heterocycles. The molecule has 0 aliphatic carbocycles. The van der Waals surface area contributed by atoms with E-state index in [1.54, 1.807) is 0 Å². The number of carboxylic acids is 1. The monoisotopic (exact) mass is 361 g/mol. The van der Waals surface area contributed by atoms with Crippen LogP contribution in [0.4, 0.5) is 0 Å². The third-order valence-electron chi connectivity index (χ3n) is 2.49. The average Bonchev–Trinajstić information content (AvgIpc) is 2.50. The SMILES string of the molecule is O=C(O)CCC(=O)NNC(=O)CNC(=O)c1cc(Cl)ccc1Cl. The van der Waals surface area contributed by atoms with Crippen LogP contribution in [-0.2, 0) is 14.4 Å². The predicted molar refractivity (Wildman–Crippen MR) is 82.0 cm³/mol. The molecule has 3 amide bonds. The van der Waals surface area contributed by atoms with E-state index in [1.807, 2.05) is 10.9 Å². The van der Waals surface area contributed by atoms with E-state index in [4.69, 9.17) is 28.3 Å². The minimum absolute atomic E-state index is 0.109. The van der Waals surface area contributed by atoms with Crippen LogP contribution >= 0.6 is 23.2 Å². The van der Waals surface area contributed by atoms with Crippen molar-refractivity contribution in [1.82, 2.24) is 16.2 Å². The van der Waals surface area contributed by atoms with Crippen molar-refractivity contribution < 1.29 is 24.3 Å². The topological polar surface area (TPSA) is 125 Å². The molecule has 10 heteroatoms. The zero-order chi connectivity index (χ0) is 17.4. The molecule has 0 aliphatic heterocycles. The fourth-order valence-electron chi connectivity index (χ4n) is 1.39. The molecule has 0 saturated carbocycles. The average molecular weight is 362 g/mol. The number of aliphatic carboxylic acids is 1. The summed E-state index contributed by atoms with van der Waals surface area (Å²) in [4.78, 5) is 44.8. The number of hydrazine groups is 1. The van der Waals surface area contributed by atoms with Crippen LogP contribution < -0.4 is 16.2 Å². The van der Waals surface area contributed by atoms with E-state index in [1.165, 1.54) is 18.2 Å². The van der Waals surface area contributed by atoms with E-state index in [0.29, 0.717) is 5.02 Å². The maximum atomic E-state index is 11.9. The zero-order valence-corrected chi connectivity index (χ0v) is 13.2. The number of halogens is 2. The van der Waals surface area contributed by atoms with Crippen LogP contribution in [0.2, 0.25) is 10.0 Å². The summed E-state index contributed by atoms with van der Waals surface area (Å²) in [6.07, 6.45) is -0.633. The van der Waals surface area contributed by atoms with E-state index in [9.17, 15) is 19.2 Å². The molecule has 4 N–H and O–H groups in total. The largest absolute Gasteiger partial charge is 0.481 e. The second-order valence-corrected chi connectivity index (χ2v) is 5.14. The van der Waals surface area contributed by atoms with Crippen LogP contribution in [0.25, 0.3) is 0 Å². The molecule has 0 aliphatic rings. The number of hydrogen-bond acceptors (Lipinski definition) is 4. The van der Waals surface area contributed by atoms with Crippen LogP contribution in [0.1, 0.15) is 23.2 Å². The smallest absolute Gasteiger partial charge is 0.303 e. The summed E-state index contributed by atoms with van der Waals surface area (Å²) in [5.41, 5.74) is 4.16. The lowest BCUT2D eigenvalue weighted by Crippen LogP contribution is -2.46. The van der Waals surface area contributed by atoms with Gasteiger partial charge in [0.2, 0.25) is 5.91 Å². The van der Waals surface area contributed by atoms with Gasteiger partial charge in [-0.1, -0.05) is 23.2 Å². The molecular formula is C13H13Cl2N3O5.